The monoisotopic (exact) mass is 274 g/mol. The van der Waals surface area contributed by atoms with Crippen molar-refractivity contribution >= 4 is 33.5 Å². The highest BCUT2D eigenvalue weighted by Gasteiger charge is 2.26. The summed E-state index contributed by atoms with van der Waals surface area (Å²) in [5.41, 5.74) is 1.45. The maximum atomic E-state index is 13.2. The average molecular weight is 275 g/mol. The Bertz CT molecular complexity index is 405. The van der Waals surface area contributed by atoms with E-state index in [1.165, 1.54) is 6.07 Å². The molecular formula is C10H8BrFOS. The second-order valence-electron chi connectivity index (χ2n) is 3.20. The summed E-state index contributed by atoms with van der Waals surface area (Å²) in [7, 11) is 0. The Kier molecular flexibility index (Phi) is 2.66. The molecule has 0 bridgehead atoms. The first-order valence-electron chi connectivity index (χ1n) is 4.24. The van der Waals surface area contributed by atoms with Gasteiger partial charge in [-0.05, 0) is 40.5 Å². The Morgan fingerprint density at radius 2 is 2.29 bits per heavy atom. The Morgan fingerprint density at radius 1 is 1.57 bits per heavy atom. The fourth-order valence-electron chi connectivity index (χ4n) is 1.47. The maximum Gasteiger partial charge on any atom is 0.175 e. The van der Waals surface area contributed by atoms with Gasteiger partial charge in [-0.2, -0.15) is 0 Å². The fourth-order valence-corrected chi connectivity index (χ4v) is 3.13. The van der Waals surface area contributed by atoms with E-state index in [0.717, 1.165) is 5.56 Å². The number of benzene rings is 1. The van der Waals surface area contributed by atoms with E-state index < -0.39 is 0 Å². The van der Waals surface area contributed by atoms with Gasteiger partial charge in [-0.25, -0.2) is 4.39 Å². The zero-order valence-electron chi connectivity index (χ0n) is 7.51. The number of thioether (sulfide) groups is 1. The number of Topliss-reactive ketones (excluding diaryl/α,β-unsaturated/α-hetero) is 1. The molecule has 0 radical (unpaired) electrons. The quantitative estimate of drug-likeness (QED) is 0.721. The Hall–Kier alpha value is -0.350. The highest BCUT2D eigenvalue weighted by atomic mass is 79.9. The van der Waals surface area contributed by atoms with E-state index in [1.807, 2.05) is 6.92 Å². The summed E-state index contributed by atoms with van der Waals surface area (Å²) in [4.78, 5) is 11.7. The smallest absolute Gasteiger partial charge is 0.175 e. The highest BCUT2D eigenvalue weighted by molar-refractivity contribution is 9.10. The van der Waals surface area contributed by atoms with Gasteiger partial charge in [0, 0.05) is 11.3 Å². The molecular weight excluding hydrogens is 267 g/mol. The summed E-state index contributed by atoms with van der Waals surface area (Å²) >= 11 is 4.72. The first-order valence-corrected chi connectivity index (χ1v) is 6.08. The third-order valence-electron chi connectivity index (χ3n) is 2.31. The summed E-state index contributed by atoms with van der Waals surface area (Å²) in [5, 5.41) is -0.0140. The maximum absolute atomic E-state index is 13.2. The highest BCUT2D eigenvalue weighted by Crippen LogP contribution is 2.35. The molecule has 0 spiro atoms. The van der Waals surface area contributed by atoms with Crippen molar-refractivity contribution in [3.05, 3.63) is 33.5 Å². The van der Waals surface area contributed by atoms with Crippen molar-refractivity contribution in [1.29, 1.82) is 0 Å². The Balaban J connectivity index is 2.59. The second-order valence-corrected chi connectivity index (χ2v) is 5.33. The molecule has 74 valence electrons. The summed E-state index contributed by atoms with van der Waals surface area (Å²) in [6.45, 7) is 1.88. The lowest BCUT2D eigenvalue weighted by Gasteiger charge is -2.20. The molecule has 0 amide bonds. The molecule has 0 N–H and O–H groups in total. The number of fused-ring (bicyclic) bond motifs is 1. The molecule has 1 aliphatic rings. The fraction of sp³-hybridized carbons (Fsp3) is 0.300. The van der Waals surface area contributed by atoms with Crippen LogP contribution in [0.25, 0.3) is 0 Å². The van der Waals surface area contributed by atoms with Crippen molar-refractivity contribution in [3.8, 4) is 0 Å². The molecule has 4 heteroatoms. The van der Waals surface area contributed by atoms with E-state index in [4.69, 9.17) is 0 Å². The first kappa shape index (κ1) is 10.2. The minimum Gasteiger partial charge on any atom is -0.293 e. The Labute approximate surface area is 94.2 Å². The number of carbonyl (C=O) groups excluding carboxylic acids is 1. The largest absolute Gasteiger partial charge is 0.293 e. The van der Waals surface area contributed by atoms with Crippen LogP contribution in [-0.4, -0.2) is 11.0 Å². The van der Waals surface area contributed by atoms with Crippen molar-refractivity contribution < 1.29 is 9.18 Å². The van der Waals surface area contributed by atoms with Gasteiger partial charge in [0.2, 0.25) is 0 Å². The van der Waals surface area contributed by atoms with Crippen LogP contribution in [0.3, 0.4) is 0 Å². The molecule has 0 fully saturated rings. The Morgan fingerprint density at radius 3 is 3.00 bits per heavy atom. The predicted octanol–water partition coefficient (Wildman–Crippen LogP) is 3.41. The minimum atomic E-state index is -0.299. The van der Waals surface area contributed by atoms with Gasteiger partial charge in [-0.3, -0.25) is 4.79 Å². The molecule has 1 aromatic carbocycles. The van der Waals surface area contributed by atoms with Crippen molar-refractivity contribution in [2.45, 2.75) is 17.9 Å². The van der Waals surface area contributed by atoms with E-state index in [1.54, 1.807) is 17.8 Å². The molecule has 0 aromatic heterocycles. The number of halogens is 2. The first-order chi connectivity index (χ1) is 6.61. The molecule has 1 unspecified atom stereocenters. The SMILES string of the molecule is CC1SCc2c(ccc(F)c2Br)C1=O. The van der Waals surface area contributed by atoms with Gasteiger partial charge < -0.3 is 0 Å². The van der Waals surface area contributed by atoms with Crippen LogP contribution in [0.1, 0.15) is 22.8 Å². The van der Waals surface area contributed by atoms with Gasteiger partial charge in [-0.1, -0.05) is 0 Å². The van der Waals surface area contributed by atoms with E-state index in [2.05, 4.69) is 15.9 Å². The second kappa shape index (κ2) is 3.66. The van der Waals surface area contributed by atoms with Crippen LogP contribution in [0, 0.1) is 5.82 Å². The van der Waals surface area contributed by atoms with E-state index in [9.17, 15) is 9.18 Å². The third kappa shape index (κ3) is 1.50. The molecule has 1 heterocycles. The molecule has 1 atom stereocenters. The normalized spacial score (nSPS) is 20.8. The van der Waals surface area contributed by atoms with Crippen LogP contribution < -0.4 is 0 Å². The van der Waals surface area contributed by atoms with Crippen LogP contribution in [0.15, 0.2) is 16.6 Å². The molecule has 1 aliphatic heterocycles. The average Bonchev–Trinajstić information content (AvgIpc) is 2.17. The van der Waals surface area contributed by atoms with Crippen LogP contribution in [0.2, 0.25) is 0 Å². The molecule has 1 nitrogen and oxygen atoms in total. The van der Waals surface area contributed by atoms with Crippen LogP contribution in [0.4, 0.5) is 4.39 Å². The number of hydrogen-bond acceptors (Lipinski definition) is 2. The van der Waals surface area contributed by atoms with E-state index >= 15 is 0 Å². The third-order valence-corrected chi connectivity index (χ3v) is 4.34. The summed E-state index contributed by atoms with van der Waals surface area (Å²) in [5.74, 6) is 0.490. The topological polar surface area (TPSA) is 17.1 Å². The molecule has 0 aliphatic carbocycles. The standard InChI is InChI=1S/C10H8BrFOS/c1-5-10(13)6-2-3-8(12)9(11)7(6)4-14-5/h2-3,5H,4H2,1H3. The zero-order chi connectivity index (χ0) is 10.3. The van der Waals surface area contributed by atoms with Crippen LogP contribution in [0.5, 0.6) is 0 Å². The van der Waals surface area contributed by atoms with Crippen molar-refractivity contribution in [2.24, 2.45) is 0 Å². The number of ketones is 1. The molecule has 0 saturated heterocycles. The summed E-state index contributed by atoms with van der Waals surface area (Å²) in [6, 6.07) is 2.91. The van der Waals surface area contributed by atoms with E-state index in [-0.39, 0.29) is 16.9 Å². The lowest BCUT2D eigenvalue weighted by Crippen LogP contribution is -2.20. The molecule has 14 heavy (non-hydrogen) atoms. The lowest BCUT2D eigenvalue weighted by atomic mass is 10.0. The number of carbonyl (C=O) groups is 1. The van der Waals surface area contributed by atoms with Gasteiger partial charge in [0.15, 0.2) is 5.78 Å². The van der Waals surface area contributed by atoms with Crippen molar-refractivity contribution in [1.82, 2.24) is 0 Å². The van der Waals surface area contributed by atoms with Crippen LogP contribution in [-0.2, 0) is 5.75 Å². The van der Waals surface area contributed by atoms with Crippen molar-refractivity contribution in [2.75, 3.05) is 0 Å². The molecule has 1 aromatic rings. The van der Waals surface area contributed by atoms with Gasteiger partial charge in [-0.15, -0.1) is 11.8 Å². The zero-order valence-corrected chi connectivity index (χ0v) is 9.91. The summed E-state index contributed by atoms with van der Waals surface area (Å²) < 4.78 is 13.6. The van der Waals surface area contributed by atoms with Crippen molar-refractivity contribution in [3.63, 3.8) is 0 Å². The molecule has 0 saturated carbocycles. The molecule has 2 rings (SSSR count). The number of rotatable bonds is 0. The van der Waals surface area contributed by atoms with Gasteiger partial charge in [0.25, 0.3) is 0 Å². The van der Waals surface area contributed by atoms with Gasteiger partial charge in [0.1, 0.15) is 5.82 Å². The minimum absolute atomic E-state index is 0.0140. The van der Waals surface area contributed by atoms with Gasteiger partial charge >= 0.3 is 0 Å². The van der Waals surface area contributed by atoms with Gasteiger partial charge in [0.05, 0.1) is 9.72 Å². The number of hydrogen-bond donors (Lipinski definition) is 0. The van der Waals surface area contributed by atoms with E-state index in [0.29, 0.717) is 15.8 Å². The van der Waals surface area contributed by atoms with Crippen LogP contribution >= 0.6 is 27.7 Å². The summed E-state index contributed by atoms with van der Waals surface area (Å²) in [6.07, 6.45) is 0. The predicted molar refractivity (Wildman–Crippen MR) is 59.2 cm³/mol. The lowest BCUT2D eigenvalue weighted by molar-refractivity contribution is 0.0991.